The fraction of sp³-hybridized carbons (Fsp3) is 0.778. The number of methoxy groups -OCH3 is 1. The van der Waals surface area contributed by atoms with E-state index in [0.717, 1.165) is 0 Å². The molecule has 6 heteroatoms. The van der Waals surface area contributed by atoms with Gasteiger partial charge in [-0.05, 0) is 0 Å². The summed E-state index contributed by atoms with van der Waals surface area (Å²) >= 11 is 0. The van der Waals surface area contributed by atoms with Crippen LogP contribution in [0.2, 0.25) is 0 Å². The second-order valence-corrected chi connectivity index (χ2v) is 3.59. The van der Waals surface area contributed by atoms with Gasteiger partial charge in [0.2, 0.25) is 5.91 Å². The second kappa shape index (κ2) is 5.09. The molecule has 0 bridgehead atoms. The van der Waals surface area contributed by atoms with Crippen molar-refractivity contribution in [2.24, 2.45) is 0 Å². The van der Waals surface area contributed by atoms with E-state index < -0.39 is 5.97 Å². The maximum atomic E-state index is 11.6. The van der Waals surface area contributed by atoms with Gasteiger partial charge >= 0.3 is 5.97 Å². The number of carbonyl (C=O) groups is 2. The van der Waals surface area contributed by atoms with E-state index in [1.807, 2.05) is 4.90 Å². The lowest BCUT2D eigenvalue weighted by Crippen LogP contribution is -2.36. The van der Waals surface area contributed by atoms with Crippen molar-refractivity contribution in [3.8, 4) is 0 Å². The summed E-state index contributed by atoms with van der Waals surface area (Å²) in [6.07, 6.45) is 0. The van der Waals surface area contributed by atoms with Crippen LogP contribution in [0.4, 0.5) is 0 Å². The summed E-state index contributed by atoms with van der Waals surface area (Å²) in [5, 5.41) is 8.51. The molecule has 86 valence electrons. The number of carbonyl (C=O) groups excluding carboxylic acids is 1. The lowest BCUT2D eigenvalue weighted by atomic mass is 10.4. The third-order valence-electron chi connectivity index (χ3n) is 2.33. The summed E-state index contributed by atoms with van der Waals surface area (Å²) in [4.78, 5) is 25.2. The quantitative estimate of drug-likeness (QED) is 0.568. The molecule has 15 heavy (non-hydrogen) atoms. The fourth-order valence-electron chi connectivity index (χ4n) is 1.40. The highest BCUT2D eigenvalue weighted by atomic mass is 16.5. The molecule has 1 rings (SSSR count). The molecule has 0 aliphatic carbocycles. The van der Waals surface area contributed by atoms with E-state index in [1.165, 1.54) is 11.9 Å². The molecule has 1 heterocycles. The summed E-state index contributed by atoms with van der Waals surface area (Å²) in [5.41, 5.74) is 0. The van der Waals surface area contributed by atoms with Crippen LogP contribution in [0.3, 0.4) is 0 Å². The number of carboxylic acid groups (broad SMARTS) is 1. The fourth-order valence-corrected chi connectivity index (χ4v) is 1.40. The zero-order chi connectivity index (χ0) is 11.4. The molecule has 1 N–H and O–H groups in total. The molecule has 0 radical (unpaired) electrons. The number of aliphatic carboxylic acids is 1. The summed E-state index contributed by atoms with van der Waals surface area (Å²) in [6.45, 7) is 1.76. The van der Waals surface area contributed by atoms with Gasteiger partial charge in [-0.3, -0.25) is 14.5 Å². The summed E-state index contributed by atoms with van der Waals surface area (Å²) in [6, 6.07) is -0.149. The van der Waals surface area contributed by atoms with Crippen LogP contribution in [-0.2, 0) is 14.3 Å². The van der Waals surface area contributed by atoms with Gasteiger partial charge in [0.15, 0.2) is 0 Å². The van der Waals surface area contributed by atoms with Crippen molar-refractivity contribution in [1.29, 1.82) is 0 Å². The first-order chi connectivity index (χ1) is 7.06. The van der Waals surface area contributed by atoms with Crippen molar-refractivity contribution < 1.29 is 19.4 Å². The van der Waals surface area contributed by atoms with Crippen molar-refractivity contribution in [2.75, 3.05) is 40.4 Å². The first kappa shape index (κ1) is 11.9. The Morgan fingerprint density at radius 2 is 2.27 bits per heavy atom. The minimum Gasteiger partial charge on any atom is -0.480 e. The van der Waals surface area contributed by atoms with Crippen molar-refractivity contribution in [1.82, 2.24) is 9.80 Å². The van der Waals surface area contributed by atoms with E-state index in [1.54, 1.807) is 7.11 Å². The normalized spacial score (nSPS) is 23.6. The molecule has 0 saturated carbocycles. The van der Waals surface area contributed by atoms with Gasteiger partial charge in [-0.25, -0.2) is 0 Å². The molecule has 1 aliphatic heterocycles. The van der Waals surface area contributed by atoms with Crippen LogP contribution in [0, 0.1) is 0 Å². The van der Waals surface area contributed by atoms with Crippen molar-refractivity contribution in [3.05, 3.63) is 0 Å². The highest BCUT2D eigenvalue weighted by Crippen LogP contribution is 2.18. The minimum absolute atomic E-state index is 0.131. The minimum atomic E-state index is -0.991. The average molecular weight is 216 g/mol. The van der Waals surface area contributed by atoms with Crippen LogP contribution < -0.4 is 0 Å². The number of amides is 1. The third kappa shape index (κ3) is 3.49. The summed E-state index contributed by atoms with van der Waals surface area (Å²) in [5.74, 6) is -1.12. The van der Waals surface area contributed by atoms with E-state index in [9.17, 15) is 9.59 Å². The van der Waals surface area contributed by atoms with Crippen molar-refractivity contribution in [2.45, 2.75) is 6.04 Å². The molecule has 0 aromatic carbocycles. The molecular formula is C9H16N2O4. The van der Waals surface area contributed by atoms with E-state index >= 15 is 0 Å². The van der Waals surface area contributed by atoms with Gasteiger partial charge in [0.1, 0.15) is 12.6 Å². The maximum Gasteiger partial charge on any atom is 0.323 e. The predicted octanol–water partition coefficient (Wildman–Crippen LogP) is -1.14. The van der Waals surface area contributed by atoms with Gasteiger partial charge in [-0.15, -0.1) is 0 Å². The number of nitrogens with zero attached hydrogens (tertiary/aromatic N) is 2. The number of rotatable bonds is 6. The third-order valence-corrected chi connectivity index (χ3v) is 2.33. The Labute approximate surface area is 88.4 Å². The summed E-state index contributed by atoms with van der Waals surface area (Å²) in [7, 11) is 3.11. The number of hydrogen-bond acceptors (Lipinski definition) is 4. The van der Waals surface area contributed by atoms with Gasteiger partial charge in [0.05, 0.1) is 6.61 Å². The largest absolute Gasteiger partial charge is 0.480 e. The first-order valence-electron chi connectivity index (χ1n) is 4.76. The average Bonchev–Trinajstić information content (AvgIpc) is 2.91. The van der Waals surface area contributed by atoms with Gasteiger partial charge in [0.25, 0.3) is 0 Å². The van der Waals surface area contributed by atoms with Gasteiger partial charge in [-0.1, -0.05) is 0 Å². The van der Waals surface area contributed by atoms with Crippen LogP contribution in [0.5, 0.6) is 0 Å². The Bertz CT molecular complexity index is 256. The number of ether oxygens (including phenoxy) is 1. The predicted molar refractivity (Wildman–Crippen MR) is 52.5 cm³/mol. The van der Waals surface area contributed by atoms with Crippen molar-refractivity contribution >= 4 is 11.9 Å². The lowest BCUT2D eigenvalue weighted by molar-refractivity contribution is -0.143. The SMILES string of the molecule is COCCN1CC1C(=O)N(C)CC(=O)O. The van der Waals surface area contributed by atoms with Crippen LogP contribution in [-0.4, -0.2) is 73.2 Å². The Kier molecular flexibility index (Phi) is 4.05. The van der Waals surface area contributed by atoms with Crippen LogP contribution in [0.25, 0.3) is 0 Å². The van der Waals surface area contributed by atoms with E-state index in [0.29, 0.717) is 19.7 Å². The molecule has 6 nitrogen and oxygen atoms in total. The Hall–Kier alpha value is -1.14. The Morgan fingerprint density at radius 1 is 1.60 bits per heavy atom. The maximum absolute atomic E-state index is 11.6. The van der Waals surface area contributed by atoms with E-state index in [-0.39, 0.29) is 18.5 Å². The standard InChI is InChI=1S/C9H16N2O4/c1-10(6-8(12)13)9(14)7-5-11(7)3-4-15-2/h7H,3-6H2,1-2H3,(H,12,13). The second-order valence-electron chi connectivity index (χ2n) is 3.59. The molecular weight excluding hydrogens is 200 g/mol. The molecule has 1 aliphatic rings. The van der Waals surface area contributed by atoms with Crippen LogP contribution in [0.1, 0.15) is 0 Å². The molecule has 1 fully saturated rings. The van der Waals surface area contributed by atoms with Crippen LogP contribution >= 0.6 is 0 Å². The Balaban J connectivity index is 2.27. The number of hydrogen-bond donors (Lipinski definition) is 1. The molecule has 2 atom stereocenters. The number of likely N-dealkylation sites (N-methyl/N-ethyl adjacent to an activating group) is 1. The van der Waals surface area contributed by atoms with Gasteiger partial charge < -0.3 is 14.7 Å². The topological polar surface area (TPSA) is 69.9 Å². The lowest BCUT2D eigenvalue weighted by Gasteiger charge is -2.14. The molecule has 1 amide bonds. The zero-order valence-electron chi connectivity index (χ0n) is 8.97. The van der Waals surface area contributed by atoms with Gasteiger partial charge in [-0.2, -0.15) is 0 Å². The van der Waals surface area contributed by atoms with Gasteiger partial charge in [0, 0.05) is 27.2 Å². The van der Waals surface area contributed by atoms with Crippen molar-refractivity contribution in [3.63, 3.8) is 0 Å². The smallest absolute Gasteiger partial charge is 0.323 e. The molecule has 0 aromatic rings. The zero-order valence-corrected chi connectivity index (χ0v) is 8.97. The highest BCUT2D eigenvalue weighted by Gasteiger charge is 2.41. The molecule has 1 saturated heterocycles. The van der Waals surface area contributed by atoms with E-state index in [2.05, 4.69) is 0 Å². The van der Waals surface area contributed by atoms with Crippen LogP contribution in [0.15, 0.2) is 0 Å². The monoisotopic (exact) mass is 216 g/mol. The van der Waals surface area contributed by atoms with E-state index in [4.69, 9.17) is 9.84 Å². The molecule has 0 spiro atoms. The first-order valence-corrected chi connectivity index (χ1v) is 4.76. The summed E-state index contributed by atoms with van der Waals surface area (Å²) < 4.78 is 4.89. The Morgan fingerprint density at radius 3 is 2.80 bits per heavy atom. The number of carboxylic acids is 1. The molecule has 0 aromatic heterocycles. The highest BCUT2D eigenvalue weighted by molar-refractivity contribution is 5.87. The molecule has 2 unspecified atom stereocenters.